The maximum Gasteiger partial charge on any atom is 0.422 e. The Hall–Kier alpha value is -5.91. The summed E-state index contributed by atoms with van der Waals surface area (Å²) in [5.74, 6) is -4.18. The van der Waals surface area contributed by atoms with Gasteiger partial charge in [0, 0.05) is 42.3 Å². The third kappa shape index (κ3) is 7.91. The van der Waals surface area contributed by atoms with Crippen LogP contribution in [0.4, 0.5) is 13.2 Å². The molecule has 3 heterocycles. The number of carbonyl (C=O) groups is 4. The molecule has 0 radical (unpaired) electrons. The molecule has 2 bridgehead atoms. The number of rotatable bonds is 13. The second-order valence-electron chi connectivity index (χ2n) is 14.9. The fraction of sp³-hybridized carbons (Fsp3) is 0.318. The number of hydroxylamine groups is 2. The van der Waals surface area contributed by atoms with Crippen LogP contribution in [-0.4, -0.2) is 90.3 Å². The Morgan fingerprint density at radius 1 is 0.867 bits per heavy atom. The van der Waals surface area contributed by atoms with Crippen molar-refractivity contribution in [3.63, 3.8) is 0 Å². The van der Waals surface area contributed by atoms with E-state index in [9.17, 15) is 32.3 Å². The normalized spacial score (nSPS) is 25.3. The van der Waals surface area contributed by atoms with Gasteiger partial charge in [0.05, 0.1) is 13.2 Å². The van der Waals surface area contributed by atoms with Crippen molar-refractivity contribution < 1.29 is 61.2 Å². The Morgan fingerprint density at radius 3 is 2.22 bits per heavy atom. The molecule has 6 unspecified atom stereocenters. The molecule has 1 aliphatic carbocycles. The molecule has 3 saturated heterocycles. The van der Waals surface area contributed by atoms with Crippen LogP contribution in [0.2, 0.25) is 0 Å². The number of alkyl halides is 3. The van der Waals surface area contributed by atoms with Crippen molar-refractivity contribution in [1.29, 1.82) is 0 Å². The van der Waals surface area contributed by atoms with E-state index in [1.54, 1.807) is 48.5 Å². The molecule has 3 N–H and O–H groups in total. The summed E-state index contributed by atoms with van der Waals surface area (Å²) in [6.07, 6.45) is -6.12. The van der Waals surface area contributed by atoms with Gasteiger partial charge in [0.15, 0.2) is 12.6 Å². The highest BCUT2D eigenvalue weighted by atomic mass is 19.4. The number of halogens is 3. The van der Waals surface area contributed by atoms with Crippen molar-refractivity contribution in [3.05, 3.63) is 149 Å². The van der Waals surface area contributed by atoms with Gasteiger partial charge in [-0.25, -0.2) is 4.79 Å². The van der Waals surface area contributed by atoms with Gasteiger partial charge in [-0.05, 0) is 34.9 Å². The predicted molar refractivity (Wildman–Crippen MR) is 205 cm³/mol. The summed E-state index contributed by atoms with van der Waals surface area (Å²) in [5.41, 5.74) is 1.90. The Balaban J connectivity index is 1.10. The van der Waals surface area contributed by atoms with Gasteiger partial charge in [-0.1, -0.05) is 97.1 Å². The highest BCUT2D eigenvalue weighted by Gasteiger charge is 2.76. The molecule has 4 aromatic carbocycles. The molecule has 4 aromatic rings. The molecule has 6 atom stereocenters. The van der Waals surface area contributed by atoms with Gasteiger partial charge in [-0.2, -0.15) is 18.2 Å². The molecule has 1 saturated carbocycles. The van der Waals surface area contributed by atoms with Crippen LogP contribution in [0.25, 0.3) is 6.08 Å². The highest BCUT2D eigenvalue weighted by molar-refractivity contribution is 5.95. The average Bonchev–Trinajstić information content (AvgIpc) is 3.84. The maximum absolute atomic E-state index is 14.9. The number of carbonyl (C=O) groups excluding carboxylic acids is 4. The van der Waals surface area contributed by atoms with Gasteiger partial charge < -0.3 is 34.7 Å². The number of benzene rings is 4. The van der Waals surface area contributed by atoms with Crippen LogP contribution in [0.1, 0.15) is 44.6 Å². The summed E-state index contributed by atoms with van der Waals surface area (Å²) in [6, 6.07) is 30.7. The second-order valence-corrected chi connectivity index (χ2v) is 14.9. The largest absolute Gasteiger partial charge is 0.458 e. The molecule has 0 aromatic heterocycles. The quantitative estimate of drug-likeness (QED) is 0.130. The van der Waals surface area contributed by atoms with Crippen molar-refractivity contribution in [3.8, 4) is 0 Å². The summed E-state index contributed by atoms with van der Waals surface area (Å²) in [5, 5.41) is 16.2. The van der Waals surface area contributed by atoms with Crippen LogP contribution in [0.3, 0.4) is 0 Å². The lowest BCUT2D eigenvalue weighted by molar-refractivity contribution is -0.213. The van der Waals surface area contributed by atoms with E-state index in [0.29, 0.717) is 33.4 Å². The van der Waals surface area contributed by atoms with Gasteiger partial charge >= 0.3 is 18.1 Å². The average molecular weight is 828 g/mol. The van der Waals surface area contributed by atoms with Crippen molar-refractivity contribution in [2.75, 3.05) is 19.8 Å². The standard InChI is InChI=1S/C44H40F3N3O10/c45-43(46,47)26-56-34(52)19-18-27-14-16-28(17-15-27)25-50-37-40(54)57-33-23-42(37,41(55)49-24-29-8-7-9-30(22-29)39(53)48-20-21-51)38(60-50)36-35(33)58-44(59-36,31-10-3-1-4-11-31)32-12-5-2-6-13-32/h1-19,22,33,35-38,51H,20-21,23-26H2,(H,48,53)(H,49,55). The summed E-state index contributed by atoms with van der Waals surface area (Å²) < 4.78 is 61.6. The highest BCUT2D eigenvalue weighted by Crippen LogP contribution is 2.59. The van der Waals surface area contributed by atoms with E-state index in [1.165, 1.54) is 11.1 Å². The molecule has 4 fully saturated rings. The Morgan fingerprint density at radius 2 is 1.55 bits per heavy atom. The molecule has 0 spiro atoms. The number of ether oxygens (including phenoxy) is 4. The minimum Gasteiger partial charge on any atom is -0.458 e. The fourth-order valence-electron chi connectivity index (χ4n) is 8.41. The lowest BCUT2D eigenvalue weighted by Gasteiger charge is -2.48. The molecule has 4 aliphatic rings. The van der Waals surface area contributed by atoms with E-state index >= 15 is 0 Å². The van der Waals surface area contributed by atoms with Gasteiger partial charge in [0.2, 0.25) is 11.7 Å². The number of aliphatic hydroxyl groups is 1. The first-order valence-corrected chi connectivity index (χ1v) is 19.3. The first-order valence-electron chi connectivity index (χ1n) is 19.3. The molecule has 2 amide bonds. The van der Waals surface area contributed by atoms with Gasteiger partial charge in [-0.3, -0.25) is 19.2 Å². The van der Waals surface area contributed by atoms with E-state index in [4.69, 9.17) is 24.2 Å². The van der Waals surface area contributed by atoms with Crippen molar-refractivity contribution >= 4 is 29.8 Å². The van der Waals surface area contributed by atoms with Crippen LogP contribution in [0, 0.1) is 5.41 Å². The Bertz CT molecular complexity index is 2220. The van der Waals surface area contributed by atoms with E-state index in [2.05, 4.69) is 15.4 Å². The molecule has 312 valence electrons. The topological polar surface area (TPSA) is 162 Å². The molecule has 3 aliphatic heterocycles. The number of fused-ring (bicyclic) bond motifs is 4. The molecular formula is C44H40F3N3O10. The van der Waals surface area contributed by atoms with Crippen LogP contribution in [0.15, 0.2) is 115 Å². The van der Waals surface area contributed by atoms with Gasteiger partial charge in [-0.15, -0.1) is 0 Å². The summed E-state index contributed by atoms with van der Waals surface area (Å²) >= 11 is 0. The van der Waals surface area contributed by atoms with Crippen molar-refractivity contribution in [1.82, 2.24) is 15.7 Å². The van der Waals surface area contributed by atoms with E-state index in [0.717, 1.165) is 6.08 Å². The molecule has 60 heavy (non-hydrogen) atoms. The third-order valence-corrected chi connectivity index (χ3v) is 11.0. The predicted octanol–water partition coefficient (Wildman–Crippen LogP) is 4.33. The smallest absolute Gasteiger partial charge is 0.422 e. The Kier molecular flexibility index (Phi) is 11.3. The van der Waals surface area contributed by atoms with Gasteiger partial charge in [0.25, 0.3) is 5.91 Å². The number of aliphatic hydroxyl groups excluding tert-OH is 1. The van der Waals surface area contributed by atoms with E-state index in [-0.39, 0.29) is 38.6 Å². The molecule has 8 rings (SSSR count). The fourth-order valence-corrected chi connectivity index (χ4v) is 8.41. The monoisotopic (exact) mass is 827 g/mol. The second kappa shape index (κ2) is 16.6. The SMILES string of the molecule is O=C(C=Cc1ccc(CN2OC3C4OC(c5ccccc5)(c5ccccc5)OC4C4CC3(C(=O)NCc3cccc(C(=O)NCCO)c3)C2C(=O)O4)cc1)OCC(F)(F)F. The Labute approximate surface area is 342 Å². The number of hydrogen-bond donors (Lipinski definition) is 3. The molecule has 16 heteroatoms. The van der Waals surface area contributed by atoms with Crippen LogP contribution >= 0.6 is 0 Å². The van der Waals surface area contributed by atoms with Crippen molar-refractivity contribution in [2.24, 2.45) is 5.41 Å². The van der Waals surface area contributed by atoms with Crippen LogP contribution in [-0.2, 0) is 57.0 Å². The zero-order valence-electron chi connectivity index (χ0n) is 31.9. The lowest BCUT2D eigenvalue weighted by Crippen LogP contribution is -2.69. The zero-order valence-corrected chi connectivity index (χ0v) is 31.9. The van der Waals surface area contributed by atoms with Gasteiger partial charge in [0.1, 0.15) is 29.8 Å². The minimum absolute atomic E-state index is 0.000659. The lowest BCUT2D eigenvalue weighted by atomic mass is 9.62. The molecule has 13 nitrogen and oxygen atoms in total. The molecular weight excluding hydrogens is 787 g/mol. The summed E-state index contributed by atoms with van der Waals surface area (Å²) in [4.78, 5) is 60.3. The number of nitrogens with zero attached hydrogens (tertiary/aromatic N) is 1. The van der Waals surface area contributed by atoms with Crippen LogP contribution < -0.4 is 10.6 Å². The first-order chi connectivity index (χ1) is 28.9. The summed E-state index contributed by atoms with van der Waals surface area (Å²) in [6.45, 7) is -1.84. The number of esters is 2. The van der Waals surface area contributed by atoms with Crippen LogP contribution in [0.5, 0.6) is 0 Å². The number of nitrogens with one attached hydrogen (secondary N) is 2. The number of amides is 2. The first kappa shape index (κ1) is 40.9. The maximum atomic E-state index is 14.9. The van der Waals surface area contributed by atoms with Crippen molar-refractivity contribution in [2.45, 2.75) is 61.9 Å². The zero-order chi connectivity index (χ0) is 42.1. The summed E-state index contributed by atoms with van der Waals surface area (Å²) in [7, 11) is 0. The minimum atomic E-state index is -4.65. The van der Waals surface area contributed by atoms with E-state index < -0.39 is 72.3 Å². The number of hydrogen-bond acceptors (Lipinski definition) is 11. The van der Waals surface area contributed by atoms with E-state index in [1.807, 2.05) is 60.7 Å². The third-order valence-electron chi connectivity index (χ3n) is 11.0.